The van der Waals surface area contributed by atoms with Crippen LogP contribution in [0.2, 0.25) is 0 Å². The van der Waals surface area contributed by atoms with Gasteiger partial charge >= 0.3 is 0 Å². The van der Waals surface area contributed by atoms with E-state index in [0.717, 1.165) is 12.3 Å². The van der Waals surface area contributed by atoms with Gasteiger partial charge in [0.2, 0.25) is 0 Å². The van der Waals surface area contributed by atoms with Crippen molar-refractivity contribution in [2.24, 2.45) is 0 Å². The number of hydrogen-bond acceptors (Lipinski definition) is 3. The minimum atomic E-state index is -0.231. The highest BCUT2D eigenvalue weighted by atomic mass is 32.2. The summed E-state index contributed by atoms with van der Waals surface area (Å²) in [5, 5.41) is 3.34. The maximum absolute atomic E-state index is 13.9. The fourth-order valence-corrected chi connectivity index (χ4v) is 2.98. The zero-order chi connectivity index (χ0) is 15.1. The number of thioether (sulfide) groups is 1. The molecule has 0 fully saturated rings. The Hall–Kier alpha value is -1.52. The molecule has 0 amide bonds. The molecule has 0 aliphatic carbocycles. The molecule has 1 atom stereocenters. The molecule has 0 saturated carbocycles. The van der Waals surface area contributed by atoms with Gasteiger partial charge in [-0.25, -0.2) is 4.39 Å². The Morgan fingerprint density at radius 1 is 1.14 bits per heavy atom. The van der Waals surface area contributed by atoms with Crippen LogP contribution in [0, 0.1) is 5.82 Å². The van der Waals surface area contributed by atoms with E-state index in [4.69, 9.17) is 4.74 Å². The summed E-state index contributed by atoms with van der Waals surface area (Å²) in [7, 11) is 1.57. The van der Waals surface area contributed by atoms with Crippen LogP contribution in [0.3, 0.4) is 0 Å². The molecule has 2 aromatic rings. The highest BCUT2D eigenvalue weighted by Crippen LogP contribution is 2.27. The van der Waals surface area contributed by atoms with Crippen LogP contribution in [-0.2, 0) is 0 Å². The lowest BCUT2D eigenvalue weighted by Crippen LogP contribution is -2.22. The molecule has 2 nitrogen and oxygen atoms in total. The molecule has 0 heterocycles. The second kappa shape index (κ2) is 8.05. The zero-order valence-electron chi connectivity index (χ0n) is 12.3. The molecule has 112 valence electrons. The predicted octanol–water partition coefficient (Wildman–Crippen LogP) is 4.28. The molecule has 0 bridgehead atoms. The van der Waals surface area contributed by atoms with Gasteiger partial charge in [-0.05, 0) is 31.2 Å². The van der Waals surface area contributed by atoms with Crippen molar-refractivity contribution in [1.29, 1.82) is 0 Å². The van der Waals surface area contributed by atoms with E-state index < -0.39 is 0 Å². The number of methoxy groups -OCH3 is 1. The molecule has 0 spiro atoms. The number of hydrogen-bond donors (Lipinski definition) is 1. The monoisotopic (exact) mass is 305 g/mol. The van der Waals surface area contributed by atoms with E-state index in [9.17, 15) is 4.39 Å². The summed E-state index contributed by atoms with van der Waals surface area (Å²) < 4.78 is 19.2. The second-order valence-electron chi connectivity index (χ2n) is 4.69. The van der Waals surface area contributed by atoms with Crippen LogP contribution in [0.25, 0.3) is 0 Å². The molecule has 0 radical (unpaired) electrons. The smallest absolute Gasteiger partial charge is 0.131 e. The van der Waals surface area contributed by atoms with Gasteiger partial charge in [0.05, 0.1) is 7.11 Å². The van der Waals surface area contributed by atoms with Crippen LogP contribution in [0.5, 0.6) is 5.75 Å². The van der Waals surface area contributed by atoms with Gasteiger partial charge in [-0.1, -0.05) is 24.3 Å². The third-order valence-corrected chi connectivity index (χ3v) is 4.24. The Kier molecular flexibility index (Phi) is 6.08. The van der Waals surface area contributed by atoms with E-state index in [0.29, 0.717) is 11.3 Å². The number of benzene rings is 2. The first-order valence-electron chi connectivity index (χ1n) is 6.96. The van der Waals surface area contributed by atoms with Crippen LogP contribution in [0.4, 0.5) is 4.39 Å². The van der Waals surface area contributed by atoms with Crippen molar-refractivity contribution in [3.8, 4) is 5.75 Å². The Morgan fingerprint density at radius 2 is 1.90 bits per heavy atom. The van der Waals surface area contributed by atoms with E-state index in [1.165, 1.54) is 11.0 Å². The zero-order valence-corrected chi connectivity index (χ0v) is 13.1. The normalized spacial score (nSPS) is 12.1. The summed E-state index contributed by atoms with van der Waals surface area (Å²) in [5.74, 6) is 1.29. The maximum atomic E-state index is 13.9. The van der Waals surface area contributed by atoms with Gasteiger partial charge < -0.3 is 10.1 Å². The summed E-state index contributed by atoms with van der Waals surface area (Å²) in [6.07, 6.45) is 0. The fraction of sp³-hybridized carbons (Fsp3) is 0.294. The summed E-state index contributed by atoms with van der Waals surface area (Å²) >= 11 is 1.78. The van der Waals surface area contributed by atoms with Gasteiger partial charge in [-0.3, -0.25) is 0 Å². The summed E-state index contributed by atoms with van der Waals surface area (Å²) in [4.78, 5) is 1.25. The van der Waals surface area contributed by atoms with Gasteiger partial charge in [-0.15, -0.1) is 11.8 Å². The Bertz CT molecular complexity index is 562. The first-order chi connectivity index (χ1) is 10.2. The third kappa shape index (κ3) is 4.48. The average molecular weight is 305 g/mol. The number of halogens is 1. The first kappa shape index (κ1) is 15.9. The SMILES string of the molecule is COc1cccc(F)c1C(C)NCCSc1ccccc1. The van der Waals surface area contributed by atoms with Crippen molar-refractivity contribution >= 4 is 11.8 Å². The van der Waals surface area contributed by atoms with Crippen molar-refractivity contribution < 1.29 is 9.13 Å². The molecule has 0 aromatic heterocycles. The molecule has 4 heteroatoms. The summed E-state index contributed by atoms with van der Waals surface area (Å²) in [6, 6.07) is 15.1. The van der Waals surface area contributed by atoms with Crippen molar-refractivity contribution in [3.05, 3.63) is 59.9 Å². The third-order valence-electron chi connectivity index (χ3n) is 3.23. The van der Waals surface area contributed by atoms with E-state index in [-0.39, 0.29) is 11.9 Å². The standard InChI is InChI=1S/C17H20FNOS/c1-13(17-15(18)9-6-10-16(17)20-2)19-11-12-21-14-7-4-3-5-8-14/h3-10,13,19H,11-12H2,1-2H3. The minimum absolute atomic E-state index is 0.0856. The van der Waals surface area contributed by atoms with E-state index in [1.807, 2.05) is 25.1 Å². The van der Waals surface area contributed by atoms with Crippen LogP contribution in [-0.4, -0.2) is 19.4 Å². The van der Waals surface area contributed by atoms with Gasteiger partial charge in [0.15, 0.2) is 0 Å². The summed E-state index contributed by atoms with van der Waals surface area (Å²) in [6.45, 7) is 2.76. The fourth-order valence-electron chi connectivity index (χ4n) is 2.18. The molecular weight excluding hydrogens is 285 g/mol. The Labute approximate surface area is 129 Å². The molecule has 2 rings (SSSR count). The number of nitrogens with one attached hydrogen (secondary N) is 1. The maximum Gasteiger partial charge on any atom is 0.131 e. The van der Waals surface area contributed by atoms with Gasteiger partial charge in [0.25, 0.3) is 0 Å². The number of rotatable bonds is 7. The molecular formula is C17H20FNOS. The van der Waals surface area contributed by atoms with E-state index in [1.54, 1.807) is 31.0 Å². The predicted molar refractivity (Wildman–Crippen MR) is 86.5 cm³/mol. The molecule has 2 aromatic carbocycles. The lowest BCUT2D eigenvalue weighted by molar-refractivity contribution is 0.395. The minimum Gasteiger partial charge on any atom is -0.496 e. The van der Waals surface area contributed by atoms with E-state index in [2.05, 4.69) is 17.4 Å². The molecule has 1 N–H and O–H groups in total. The first-order valence-corrected chi connectivity index (χ1v) is 7.94. The molecule has 0 aliphatic rings. The molecule has 0 saturated heterocycles. The quantitative estimate of drug-likeness (QED) is 0.609. The molecule has 0 aliphatic heterocycles. The second-order valence-corrected chi connectivity index (χ2v) is 5.86. The Morgan fingerprint density at radius 3 is 2.62 bits per heavy atom. The van der Waals surface area contributed by atoms with Crippen LogP contribution < -0.4 is 10.1 Å². The molecule has 21 heavy (non-hydrogen) atoms. The van der Waals surface area contributed by atoms with Crippen LogP contribution in [0.1, 0.15) is 18.5 Å². The number of ether oxygens (including phenoxy) is 1. The topological polar surface area (TPSA) is 21.3 Å². The Balaban J connectivity index is 1.86. The van der Waals surface area contributed by atoms with E-state index >= 15 is 0 Å². The van der Waals surface area contributed by atoms with Crippen molar-refractivity contribution in [2.75, 3.05) is 19.4 Å². The largest absolute Gasteiger partial charge is 0.496 e. The van der Waals surface area contributed by atoms with Crippen LogP contribution >= 0.6 is 11.8 Å². The van der Waals surface area contributed by atoms with Crippen molar-refractivity contribution in [1.82, 2.24) is 5.32 Å². The van der Waals surface area contributed by atoms with Gasteiger partial charge in [0, 0.05) is 28.8 Å². The highest BCUT2D eigenvalue weighted by molar-refractivity contribution is 7.99. The van der Waals surface area contributed by atoms with Crippen LogP contribution in [0.15, 0.2) is 53.4 Å². The van der Waals surface area contributed by atoms with Crippen molar-refractivity contribution in [3.63, 3.8) is 0 Å². The van der Waals surface area contributed by atoms with Crippen molar-refractivity contribution in [2.45, 2.75) is 17.9 Å². The highest BCUT2D eigenvalue weighted by Gasteiger charge is 2.15. The average Bonchev–Trinajstić information content (AvgIpc) is 2.52. The molecule has 1 unspecified atom stereocenters. The lowest BCUT2D eigenvalue weighted by Gasteiger charge is -2.18. The lowest BCUT2D eigenvalue weighted by atomic mass is 10.1. The van der Waals surface area contributed by atoms with Gasteiger partial charge in [0.1, 0.15) is 11.6 Å². The van der Waals surface area contributed by atoms with Gasteiger partial charge in [-0.2, -0.15) is 0 Å². The summed E-state index contributed by atoms with van der Waals surface area (Å²) in [5.41, 5.74) is 0.588.